The molecule has 1 aromatic heterocycles. The largest absolute Gasteiger partial charge is 0.302 e. The maximum Gasteiger partial charge on any atom is 0.256 e. The van der Waals surface area contributed by atoms with E-state index in [1.165, 1.54) is 18.2 Å². The predicted octanol–water partition coefficient (Wildman–Crippen LogP) is 3.59. The Labute approximate surface area is 161 Å². The summed E-state index contributed by atoms with van der Waals surface area (Å²) in [6.45, 7) is 1.91. The molecule has 1 amide bonds. The average Bonchev–Trinajstić information content (AvgIpc) is 3.11. The number of carbonyl (C=O) groups is 1. The fraction of sp³-hybridized carbons (Fsp3) is 0.0588. The number of benzene rings is 2. The molecule has 0 aliphatic carbocycles. The lowest BCUT2D eigenvalue weighted by atomic mass is 10.1. The van der Waals surface area contributed by atoms with E-state index in [0.717, 1.165) is 5.56 Å². The number of halogens is 2. The van der Waals surface area contributed by atoms with Crippen molar-refractivity contribution in [3.8, 4) is 0 Å². The first-order chi connectivity index (χ1) is 13.0. The Bertz CT molecular complexity index is 1000. The van der Waals surface area contributed by atoms with Gasteiger partial charge < -0.3 is 5.32 Å². The molecule has 1 heterocycles. The normalized spacial score (nSPS) is 11.3. The summed E-state index contributed by atoms with van der Waals surface area (Å²) in [6, 6.07) is 10.9. The molecule has 138 valence electrons. The van der Waals surface area contributed by atoms with Crippen LogP contribution in [0.25, 0.3) is 0 Å². The van der Waals surface area contributed by atoms with Crippen LogP contribution in [-0.2, 0) is 0 Å². The van der Waals surface area contributed by atoms with E-state index in [-0.39, 0.29) is 21.8 Å². The second kappa shape index (κ2) is 8.06. The number of aromatic nitrogens is 2. The highest BCUT2D eigenvalue weighted by Crippen LogP contribution is 2.23. The number of amidine groups is 1. The lowest BCUT2D eigenvalue weighted by Crippen LogP contribution is -2.23. The van der Waals surface area contributed by atoms with Crippen LogP contribution in [0.15, 0.2) is 56.6 Å². The van der Waals surface area contributed by atoms with Crippen LogP contribution in [0.5, 0.6) is 0 Å². The van der Waals surface area contributed by atoms with Crippen LogP contribution in [0.4, 0.5) is 15.9 Å². The molecule has 3 rings (SSSR count). The minimum absolute atomic E-state index is 0.0293. The second-order valence-corrected chi connectivity index (χ2v) is 6.31. The molecule has 0 unspecified atom stereocenters. The van der Waals surface area contributed by atoms with E-state index in [2.05, 4.69) is 41.2 Å². The SMILES string of the molecule is Cc1ccc(C(=O)Nc2nonc2C(=Nc2ccc(F)c(Br)c2)NO)cc1. The number of hydrogen-bond donors (Lipinski definition) is 3. The second-order valence-electron chi connectivity index (χ2n) is 5.45. The molecule has 27 heavy (non-hydrogen) atoms. The minimum atomic E-state index is -0.457. The van der Waals surface area contributed by atoms with Crippen molar-refractivity contribution in [1.82, 2.24) is 15.8 Å². The highest BCUT2D eigenvalue weighted by molar-refractivity contribution is 9.10. The third-order valence-corrected chi connectivity index (χ3v) is 4.12. The van der Waals surface area contributed by atoms with Gasteiger partial charge in [-0.25, -0.2) is 14.0 Å². The van der Waals surface area contributed by atoms with E-state index in [1.807, 2.05) is 12.4 Å². The molecular formula is C17H13BrFN5O3. The maximum atomic E-state index is 13.3. The van der Waals surface area contributed by atoms with Crippen molar-refractivity contribution in [2.45, 2.75) is 6.92 Å². The van der Waals surface area contributed by atoms with Crippen molar-refractivity contribution in [3.05, 3.63) is 69.6 Å². The zero-order valence-electron chi connectivity index (χ0n) is 13.9. The van der Waals surface area contributed by atoms with Gasteiger partial charge in [-0.05, 0) is 63.5 Å². The van der Waals surface area contributed by atoms with Gasteiger partial charge in [0.25, 0.3) is 5.91 Å². The number of aliphatic imine (C=N–C) groups is 1. The van der Waals surface area contributed by atoms with Gasteiger partial charge in [-0.1, -0.05) is 17.7 Å². The van der Waals surface area contributed by atoms with E-state index in [0.29, 0.717) is 11.3 Å². The lowest BCUT2D eigenvalue weighted by Gasteiger charge is -2.05. The summed E-state index contributed by atoms with van der Waals surface area (Å²) < 4.78 is 18.2. The Morgan fingerprint density at radius 3 is 2.63 bits per heavy atom. The van der Waals surface area contributed by atoms with Crippen molar-refractivity contribution in [2.24, 2.45) is 4.99 Å². The maximum absolute atomic E-state index is 13.3. The summed E-state index contributed by atoms with van der Waals surface area (Å²) >= 11 is 3.05. The first-order valence-electron chi connectivity index (χ1n) is 7.62. The Kier molecular flexibility index (Phi) is 5.57. The summed E-state index contributed by atoms with van der Waals surface area (Å²) in [4.78, 5) is 16.5. The molecule has 0 fully saturated rings. The fourth-order valence-electron chi connectivity index (χ4n) is 2.13. The number of aryl methyl sites for hydroxylation is 1. The van der Waals surface area contributed by atoms with Gasteiger partial charge in [0.2, 0.25) is 5.82 Å². The van der Waals surface area contributed by atoms with Gasteiger partial charge in [0.1, 0.15) is 5.82 Å². The van der Waals surface area contributed by atoms with Crippen molar-refractivity contribution in [2.75, 3.05) is 5.32 Å². The van der Waals surface area contributed by atoms with Gasteiger partial charge in [-0.2, -0.15) is 0 Å². The highest BCUT2D eigenvalue weighted by Gasteiger charge is 2.19. The third-order valence-electron chi connectivity index (χ3n) is 3.51. The van der Waals surface area contributed by atoms with Crippen molar-refractivity contribution in [3.63, 3.8) is 0 Å². The highest BCUT2D eigenvalue weighted by atomic mass is 79.9. The van der Waals surface area contributed by atoms with Gasteiger partial charge in [0.05, 0.1) is 10.2 Å². The lowest BCUT2D eigenvalue weighted by molar-refractivity contribution is 0.102. The molecule has 2 aromatic carbocycles. The van der Waals surface area contributed by atoms with E-state index in [9.17, 15) is 14.4 Å². The molecule has 0 aliphatic heterocycles. The Morgan fingerprint density at radius 1 is 1.22 bits per heavy atom. The number of amides is 1. The first kappa shape index (κ1) is 18.7. The van der Waals surface area contributed by atoms with Crippen LogP contribution >= 0.6 is 15.9 Å². The molecule has 0 bridgehead atoms. The summed E-state index contributed by atoms with van der Waals surface area (Å²) in [5.41, 5.74) is 3.59. The standard InChI is InChI=1S/C17H13BrFN5O3/c1-9-2-4-10(5-3-9)17(25)21-16-14(23-27-24-16)15(22-26)20-11-6-7-13(19)12(18)8-11/h2-8,26H,1H3,(H,20,22)(H,21,24,25). The molecular weight excluding hydrogens is 421 g/mol. The van der Waals surface area contributed by atoms with Crippen LogP contribution in [-0.4, -0.2) is 27.3 Å². The monoisotopic (exact) mass is 433 g/mol. The number of nitrogens with zero attached hydrogens (tertiary/aromatic N) is 3. The van der Waals surface area contributed by atoms with Crippen LogP contribution in [0.1, 0.15) is 21.6 Å². The number of carbonyl (C=O) groups excluding carboxylic acids is 1. The molecule has 8 nitrogen and oxygen atoms in total. The third kappa shape index (κ3) is 4.36. The van der Waals surface area contributed by atoms with Crippen LogP contribution in [0.3, 0.4) is 0 Å². The smallest absolute Gasteiger partial charge is 0.256 e. The molecule has 0 aliphatic rings. The number of nitrogens with one attached hydrogen (secondary N) is 2. The molecule has 10 heteroatoms. The molecule has 3 aromatic rings. The molecule has 0 saturated heterocycles. The van der Waals surface area contributed by atoms with Crippen molar-refractivity contribution >= 4 is 39.2 Å². The van der Waals surface area contributed by atoms with E-state index in [1.54, 1.807) is 24.3 Å². The number of rotatable bonds is 4. The van der Waals surface area contributed by atoms with Gasteiger partial charge in [-0.3, -0.25) is 15.5 Å². The van der Waals surface area contributed by atoms with Crippen LogP contribution in [0.2, 0.25) is 0 Å². The minimum Gasteiger partial charge on any atom is -0.302 e. The van der Waals surface area contributed by atoms with Crippen LogP contribution in [0, 0.1) is 12.7 Å². The van der Waals surface area contributed by atoms with E-state index in [4.69, 9.17) is 0 Å². The fourth-order valence-corrected chi connectivity index (χ4v) is 2.49. The van der Waals surface area contributed by atoms with E-state index < -0.39 is 11.7 Å². The molecule has 0 atom stereocenters. The Morgan fingerprint density at radius 2 is 1.96 bits per heavy atom. The zero-order chi connectivity index (χ0) is 19.4. The van der Waals surface area contributed by atoms with Crippen molar-refractivity contribution < 1.29 is 19.0 Å². The number of hydrogen-bond acceptors (Lipinski definition) is 6. The van der Waals surface area contributed by atoms with Gasteiger partial charge in [-0.15, -0.1) is 0 Å². The van der Waals surface area contributed by atoms with Gasteiger partial charge >= 0.3 is 0 Å². The van der Waals surface area contributed by atoms with Crippen LogP contribution < -0.4 is 10.8 Å². The van der Waals surface area contributed by atoms with Crippen molar-refractivity contribution in [1.29, 1.82) is 0 Å². The summed E-state index contributed by atoms with van der Waals surface area (Å²) in [5, 5.41) is 19.2. The molecule has 0 radical (unpaired) electrons. The Balaban J connectivity index is 1.87. The quantitative estimate of drug-likeness (QED) is 0.329. The first-order valence-corrected chi connectivity index (χ1v) is 8.42. The number of anilines is 1. The van der Waals surface area contributed by atoms with Gasteiger partial charge in [0.15, 0.2) is 11.5 Å². The Hall–Kier alpha value is -3.11. The van der Waals surface area contributed by atoms with E-state index >= 15 is 0 Å². The zero-order valence-corrected chi connectivity index (χ0v) is 15.5. The summed E-state index contributed by atoms with van der Waals surface area (Å²) in [7, 11) is 0. The predicted molar refractivity (Wildman–Crippen MR) is 98.6 cm³/mol. The topological polar surface area (TPSA) is 113 Å². The van der Waals surface area contributed by atoms with Gasteiger partial charge in [0, 0.05) is 5.56 Å². The summed E-state index contributed by atoms with van der Waals surface area (Å²) in [6.07, 6.45) is 0. The molecule has 0 spiro atoms. The molecule has 0 saturated carbocycles. The number of hydroxylamine groups is 1. The summed E-state index contributed by atoms with van der Waals surface area (Å²) in [5.74, 6) is -1.08. The molecule has 3 N–H and O–H groups in total. The average molecular weight is 434 g/mol.